The number of fused-ring (bicyclic) bond motifs is 1. The van der Waals surface area contributed by atoms with Gasteiger partial charge in [0, 0.05) is 19.4 Å². The molecule has 1 aliphatic heterocycles. The monoisotopic (exact) mass is 302 g/mol. The first-order valence-corrected chi connectivity index (χ1v) is 7.50. The quantitative estimate of drug-likeness (QED) is 0.878. The maximum absolute atomic E-state index is 12.1. The Balaban J connectivity index is 1.64. The number of rotatable bonds is 4. The van der Waals surface area contributed by atoms with Gasteiger partial charge in [0.1, 0.15) is 6.04 Å². The van der Waals surface area contributed by atoms with E-state index >= 15 is 0 Å². The number of amides is 1. The number of para-hydroxylation sites is 1. The number of aromatic nitrogens is 1. The predicted molar refractivity (Wildman–Crippen MR) is 80.2 cm³/mol. The third-order valence-electron chi connectivity index (χ3n) is 3.42. The number of carboxylic acid groups (broad SMARTS) is 1. The molecule has 0 spiro atoms. The highest BCUT2D eigenvalue weighted by atomic mass is 32.1. The van der Waals surface area contributed by atoms with Gasteiger partial charge >= 0.3 is 5.97 Å². The van der Waals surface area contributed by atoms with Crippen LogP contribution in [0.4, 0.5) is 0 Å². The SMILES string of the molecule is O=C(O)[C@@H]1C=CCN1C(=O)CCc1nc2ccccc2s1. The molecule has 0 fully saturated rings. The average Bonchev–Trinajstić information content (AvgIpc) is 3.10. The lowest BCUT2D eigenvalue weighted by Gasteiger charge is -2.21. The average molecular weight is 302 g/mol. The van der Waals surface area contributed by atoms with E-state index in [0.29, 0.717) is 13.0 Å². The van der Waals surface area contributed by atoms with E-state index in [4.69, 9.17) is 5.11 Å². The van der Waals surface area contributed by atoms with Crippen LogP contribution >= 0.6 is 11.3 Å². The van der Waals surface area contributed by atoms with Crippen molar-refractivity contribution in [2.75, 3.05) is 6.54 Å². The van der Waals surface area contributed by atoms with Gasteiger partial charge < -0.3 is 10.0 Å². The summed E-state index contributed by atoms with van der Waals surface area (Å²) in [5, 5.41) is 9.96. The maximum Gasteiger partial charge on any atom is 0.330 e. The minimum Gasteiger partial charge on any atom is -0.479 e. The van der Waals surface area contributed by atoms with Crippen LogP contribution in [0.5, 0.6) is 0 Å². The van der Waals surface area contributed by atoms with Gasteiger partial charge in [-0.3, -0.25) is 4.79 Å². The molecule has 0 bridgehead atoms. The van der Waals surface area contributed by atoms with Crippen molar-refractivity contribution < 1.29 is 14.7 Å². The molecular formula is C15H14N2O3S. The highest BCUT2D eigenvalue weighted by Crippen LogP contribution is 2.23. The zero-order valence-electron chi connectivity index (χ0n) is 11.2. The van der Waals surface area contributed by atoms with E-state index in [1.807, 2.05) is 24.3 Å². The molecule has 2 heterocycles. The van der Waals surface area contributed by atoms with Gasteiger partial charge in [0.05, 0.1) is 15.2 Å². The molecule has 1 aromatic heterocycles. The zero-order chi connectivity index (χ0) is 14.8. The Bertz CT molecular complexity index is 690. The lowest BCUT2D eigenvalue weighted by molar-refractivity contribution is -0.146. The minimum absolute atomic E-state index is 0.147. The van der Waals surface area contributed by atoms with Gasteiger partial charge in [-0.15, -0.1) is 11.3 Å². The minimum atomic E-state index is -0.989. The van der Waals surface area contributed by atoms with E-state index < -0.39 is 12.0 Å². The normalized spacial score (nSPS) is 17.5. The highest BCUT2D eigenvalue weighted by molar-refractivity contribution is 7.18. The van der Waals surface area contributed by atoms with Gasteiger partial charge in [0.15, 0.2) is 0 Å². The third kappa shape index (κ3) is 2.80. The third-order valence-corrected chi connectivity index (χ3v) is 4.52. The van der Waals surface area contributed by atoms with E-state index in [9.17, 15) is 9.59 Å². The Morgan fingerprint density at radius 1 is 1.38 bits per heavy atom. The molecule has 0 radical (unpaired) electrons. The standard InChI is InChI=1S/C15H14N2O3S/c18-14(17-9-3-5-11(17)15(19)20)8-7-13-16-10-4-1-2-6-12(10)21-13/h1-6,11H,7-9H2,(H,19,20)/t11-/m0/s1. The molecule has 108 valence electrons. The summed E-state index contributed by atoms with van der Waals surface area (Å²) in [5.74, 6) is -1.14. The van der Waals surface area contributed by atoms with Crippen LogP contribution in [0.2, 0.25) is 0 Å². The number of carboxylic acids is 1. The van der Waals surface area contributed by atoms with Gasteiger partial charge in [0.2, 0.25) is 5.91 Å². The molecule has 1 N–H and O–H groups in total. The predicted octanol–water partition coefficient (Wildman–Crippen LogP) is 2.08. The summed E-state index contributed by atoms with van der Waals surface area (Å²) >= 11 is 1.58. The highest BCUT2D eigenvalue weighted by Gasteiger charge is 2.29. The Morgan fingerprint density at radius 3 is 2.95 bits per heavy atom. The lowest BCUT2D eigenvalue weighted by Crippen LogP contribution is -2.40. The second-order valence-corrected chi connectivity index (χ2v) is 5.95. The van der Waals surface area contributed by atoms with Gasteiger partial charge in [-0.05, 0) is 12.1 Å². The van der Waals surface area contributed by atoms with Gasteiger partial charge in [-0.2, -0.15) is 0 Å². The number of thiazole rings is 1. The molecule has 0 unspecified atom stereocenters. The van der Waals surface area contributed by atoms with Crippen LogP contribution in [-0.2, 0) is 16.0 Å². The summed E-state index contributed by atoms with van der Waals surface area (Å²) in [6.07, 6.45) is 4.10. The summed E-state index contributed by atoms with van der Waals surface area (Å²) in [6, 6.07) is 7.02. The number of hydrogen-bond donors (Lipinski definition) is 1. The Hall–Kier alpha value is -2.21. The second kappa shape index (κ2) is 5.65. The topological polar surface area (TPSA) is 70.5 Å². The van der Waals surface area contributed by atoms with E-state index in [0.717, 1.165) is 15.2 Å². The fourth-order valence-electron chi connectivity index (χ4n) is 2.38. The summed E-state index contributed by atoms with van der Waals surface area (Å²) < 4.78 is 1.10. The number of carbonyl (C=O) groups excluding carboxylic acids is 1. The van der Waals surface area contributed by atoms with Gasteiger partial charge in [-0.25, -0.2) is 9.78 Å². The van der Waals surface area contributed by atoms with Crippen molar-refractivity contribution in [3.63, 3.8) is 0 Å². The van der Waals surface area contributed by atoms with Crippen LogP contribution in [0.1, 0.15) is 11.4 Å². The van der Waals surface area contributed by atoms with Crippen molar-refractivity contribution in [2.45, 2.75) is 18.9 Å². The Morgan fingerprint density at radius 2 is 2.19 bits per heavy atom. The fourth-order valence-corrected chi connectivity index (χ4v) is 3.34. The Labute approximate surface area is 125 Å². The number of carbonyl (C=O) groups is 2. The van der Waals surface area contributed by atoms with Gasteiger partial charge in [-0.1, -0.05) is 24.3 Å². The van der Waals surface area contributed by atoms with Crippen LogP contribution < -0.4 is 0 Å². The zero-order valence-corrected chi connectivity index (χ0v) is 12.0. The molecule has 5 nitrogen and oxygen atoms in total. The second-order valence-electron chi connectivity index (χ2n) is 4.83. The molecule has 1 aromatic carbocycles. The number of benzene rings is 1. The van der Waals surface area contributed by atoms with Crippen LogP contribution in [0.25, 0.3) is 10.2 Å². The molecule has 1 amide bonds. The van der Waals surface area contributed by atoms with Crippen molar-refractivity contribution >= 4 is 33.4 Å². The Kier molecular flexibility index (Phi) is 3.70. The van der Waals surface area contributed by atoms with Crippen LogP contribution in [0.15, 0.2) is 36.4 Å². The summed E-state index contributed by atoms with van der Waals surface area (Å²) in [5.41, 5.74) is 0.941. The summed E-state index contributed by atoms with van der Waals surface area (Å²) in [7, 11) is 0. The van der Waals surface area contributed by atoms with Crippen LogP contribution in [-0.4, -0.2) is 39.5 Å². The van der Waals surface area contributed by atoms with E-state index in [1.54, 1.807) is 23.5 Å². The summed E-state index contributed by atoms with van der Waals surface area (Å²) in [4.78, 5) is 29.1. The van der Waals surface area contributed by atoms with Crippen molar-refractivity contribution in [1.82, 2.24) is 9.88 Å². The fraction of sp³-hybridized carbons (Fsp3) is 0.267. The van der Waals surface area contributed by atoms with Gasteiger partial charge in [0.25, 0.3) is 0 Å². The van der Waals surface area contributed by atoms with Crippen LogP contribution in [0, 0.1) is 0 Å². The first kappa shape index (κ1) is 13.8. The molecular weight excluding hydrogens is 288 g/mol. The molecule has 2 aromatic rings. The van der Waals surface area contributed by atoms with Crippen molar-refractivity contribution in [1.29, 1.82) is 0 Å². The number of nitrogens with zero attached hydrogens (tertiary/aromatic N) is 2. The van der Waals surface area contributed by atoms with Crippen LogP contribution in [0.3, 0.4) is 0 Å². The number of hydrogen-bond acceptors (Lipinski definition) is 4. The molecule has 6 heteroatoms. The molecule has 21 heavy (non-hydrogen) atoms. The van der Waals surface area contributed by atoms with E-state index in [-0.39, 0.29) is 12.3 Å². The van der Waals surface area contributed by atoms with Crippen molar-refractivity contribution in [3.05, 3.63) is 41.4 Å². The molecule has 1 aliphatic rings. The van der Waals surface area contributed by atoms with Crippen molar-refractivity contribution in [2.24, 2.45) is 0 Å². The smallest absolute Gasteiger partial charge is 0.330 e. The van der Waals surface area contributed by atoms with E-state index in [1.165, 1.54) is 4.90 Å². The largest absolute Gasteiger partial charge is 0.479 e. The molecule has 0 saturated carbocycles. The molecule has 0 aliphatic carbocycles. The first-order valence-electron chi connectivity index (χ1n) is 6.68. The molecule has 3 rings (SSSR count). The number of aryl methyl sites for hydroxylation is 1. The first-order chi connectivity index (χ1) is 10.1. The van der Waals surface area contributed by atoms with Crippen molar-refractivity contribution in [3.8, 4) is 0 Å². The molecule has 0 saturated heterocycles. The van der Waals surface area contributed by atoms with E-state index in [2.05, 4.69) is 4.98 Å². The molecule has 1 atom stereocenters. The lowest BCUT2D eigenvalue weighted by atomic mass is 10.2. The summed E-state index contributed by atoms with van der Waals surface area (Å²) in [6.45, 7) is 0.371. The maximum atomic E-state index is 12.1. The number of aliphatic carboxylic acids is 1.